The number of aliphatic hydroxyl groups excluding tert-OH is 2. The van der Waals surface area contributed by atoms with Gasteiger partial charge in [-0.3, -0.25) is 0 Å². The largest absolute Gasteiger partial charge is 0.393 e. The normalized spacial score (nSPS) is 12.6. The Balaban J connectivity index is 3.00. The average molecular weight is 199 g/mol. The first kappa shape index (κ1) is 10.9. The van der Waals surface area contributed by atoms with E-state index in [2.05, 4.69) is 0 Å². The molecule has 78 valence electrons. The van der Waals surface area contributed by atoms with Crippen LogP contribution in [0.1, 0.15) is 11.7 Å². The molecule has 0 amide bonds. The molecular weight excluding hydrogens is 185 g/mol. The molecule has 1 aromatic carbocycles. The maximum atomic E-state index is 13.4. The first-order chi connectivity index (χ1) is 6.56. The summed E-state index contributed by atoms with van der Waals surface area (Å²) in [5, 5.41) is 17.9. The van der Waals surface area contributed by atoms with Gasteiger partial charge in [0, 0.05) is 14.1 Å². The summed E-state index contributed by atoms with van der Waals surface area (Å²) in [4.78, 5) is 1.64. The number of hydrogen-bond acceptors (Lipinski definition) is 3. The van der Waals surface area contributed by atoms with Crippen molar-refractivity contribution < 1.29 is 14.6 Å². The van der Waals surface area contributed by atoms with E-state index in [4.69, 9.17) is 5.11 Å². The lowest BCUT2D eigenvalue weighted by Gasteiger charge is -2.15. The Bertz CT molecular complexity index is 315. The standard InChI is InChI=1S/C10H14FNO2/c1-12(2)9-4-3-7(5-8(9)11)10(14)6-13/h3-5,10,13-14H,6H2,1-2H3. The highest BCUT2D eigenvalue weighted by atomic mass is 19.1. The first-order valence-corrected chi connectivity index (χ1v) is 4.32. The zero-order valence-corrected chi connectivity index (χ0v) is 8.24. The third-order valence-corrected chi connectivity index (χ3v) is 2.01. The van der Waals surface area contributed by atoms with Crippen LogP contribution in [0.15, 0.2) is 18.2 Å². The van der Waals surface area contributed by atoms with Gasteiger partial charge in [-0.15, -0.1) is 0 Å². The van der Waals surface area contributed by atoms with Gasteiger partial charge in [0.1, 0.15) is 11.9 Å². The number of hydrogen-bond donors (Lipinski definition) is 2. The summed E-state index contributed by atoms with van der Waals surface area (Å²) in [6, 6.07) is 4.40. The van der Waals surface area contributed by atoms with Gasteiger partial charge in [-0.1, -0.05) is 6.07 Å². The van der Waals surface area contributed by atoms with Crippen molar-refractivity contribution >= 4 is 5.69 Å². The van der Waals surface area contributed by atoms with Crippen LogP contribution < -0.4 is 4.90 Å². The molecular formula is C10H14FNO2. The minimum atomic E-state index is -1.01. The Morgan fingerprint density at radius 2 is 2.07 bits per heavy atom. The Hall–Kier alpha value is -1.13. The van der Waals surface area contributed by atoms with Crippen molar-refractivity contribution in [3.63, 3.8) is 0 Å². The van der Waals surface area contributed by atoms with Gasteiger partial charge in [0.25, 0.3) is 0 Å². The SMILES string of the molecule is CN(C)c1ccc(C(O)CO)cc1F. The molecule has 14 heavy (non-hydrogen) atoms. The minimum Gasteiger partial charge on any atom is -0.393 e. The van der Waals surface area contributed by atoms with Crippen molar-refractivity contribution in [1.29, 1.82) is 0 Å². The van der Waals surface area contributed by atoms with E-state index >= 15 is 0 Å². The van der Waals surface area contributed by atoms with Crippen LogP contribution in [-0.2, 0) is 0 Å². The fraction of sp³-hybridized carbons (Fsp3) is 0.400. The molecule has 0 radical (unpaired) electrons. The van der Waals surface area contributed by atoms with E-state index < -0.39 is 18.5 Å². The van der Waals surface area contributed by atoms with Crippen molar-refractivity contribution in [2.75, 3.05) is 25.6 Å². The van der Waals surface area contributed by atoms with Gasteiger partial charge in [0.2, 0.25) is 0 Å². The van der Waals surface area contributed by atoms with Crippen LogP contribution in [0.3, 0.4) is 0 Å². The molecule has 0 aliphatic carbocycles. The van der Waals surface area contributed by atoms with E-state index in [9.17, 15) is 9.50 Å². The first-order valence-electron chi connectivity index (χ1n) is 4.32. The van der Waals surface area contributed by atoms with E-state index in [0.717, 1.165) is 0 Å². The molecule has 0 aliphatic heterocycles. The quantitative estimate of drug-likeness (QED) is 0.760. The van der Waals surface area contributed by atoms with Gasteiger partial charge in [0.05, 0.1) is 12.3 Å². The van der Waals surface area contributed by atoms with Gasteiger partial charge in [-0.05, 0) is 17.7 Å². The number of halogens is 1. The number of nitrogens with zero attached hydrogens (tertiary/aromatic N) is 1. The number of benzene rings is 1. The lowest BCUT2D eigenvalue weighted by Crippen LogP contribution is -2.11. The lowest BCUT2D eigenvalue weighted by molar-refractivity contribution is 0.0954. The van der Waals surface area contributed by atoms with Gasteiger partial charge in [-0.25, -0.2) is 4.39 Å². The van der Waals surface area contributed by atoms with Crippen molar-refractivity contribution in [2.45, 2.75) is 6.10 Å². The molecule has 0 saturated carbocycles. The van der Waals surface area contributed by atoms with E-state index in [1.54, 1.807) is 31.1 Å². The summed E-state index contributed by atoms with van der Waals surface area (Å²) in [7, 11) is 3.47. The van der Waals surface area contributed by atoms with E-state index in [0.29, 0.717) is 11.3 Å². The second-order valence-electron chi connectivity index (χ2n) is 3.30. The molecule has 1 aromatic rings. The van der Waals surface area contributed by atoms with Crippen molar-refractivity contribution in [3.8, 4) is 0 Å². The molecule has 3 nitrogen and oxygen atoms in total. The molecule has 0 bridgehead atoms. The third kappa shape index (κ3) is 2.21. The van der Waals surface area contributed by atoms with Gasteiger partial charge >= 0.3 is 0 Å². The maximum Gasteiger partial charge on any atom is 0.146 e. The molecule has 0 spiro atoms. The highest BCUT2D eigenvalue weighted by Crippen LogP contribution is 2.21. The van der Waals surface area contributed by atoms with Crippen LogP contribution in [0.2, 0.25) is 0 Å². The molecule has 1 unspecified atom stereocenters. The molecule has 1 rings (SSSR count). The summed E-state index contributed by atoms with van der Waals surface area (Å²) in [5.74, 6) is -0.403. The van der Waals surface area contributed by atoms with Gasteiger partial charge in [0.15, 0.2) is 0 Å². The van der Waals surface area contributed by atoms with Crippen LogP contribution in [0.4, 0.5) is 10.1 Å². The van der Waals surface area contributed by atoms with Crippen LogP contribution in [0, 0.1) is 5.82 Å². The van der Waals surface area contributed by atoms with Gasteiger partial charge < -0.3 is 15.1 Å². The predicted molar refractivity (Wildman–Crippen MR) is 52.8 cm³/mol. The second kappa shape index (κ2) is 4.39. The van der Waals surface area contributed by atoms with Gasteiger partial charge in [-0.2, -0.15) is 0 Å². The average Bonchev–Trinajstić information content (AvgIpc) is 2.15. The van der Waals surface area contributed by atoms with E-state index in [1.165, 1.54) is 6.07 Å². The van der Waals surface area contributed by atoms with Crippen LogP contribution in [-0.4, -0.2) is 30.9 Å². The fourth-order valence-electron chi connectivity index (χ4n) is 1.20. The topological polar surface area (TPSA) is 43.7 Å². The number of anilines is 1. The molecule has 1 atom stereocenters. The van der Waals surface area contributed by atoms with Crippen molar-refractivity contribution in [1.82, 2.24) is 0 Å². The van der Waals surface area contributed by atoms with Crippen LogP contribution >= 0.6 is 0 Å². The monoisotopic (exact) mass is 199 g/mol. The van der Waals surface area contributed by atoms with Crippen LogP contribution in [0.25, 0.3) is 0 Å². The van der Waals surface area contributed by atoms with E-state index in [-0.39, 0.29) is 0 Å². The molecule has 0 aliphatic rings. The fourth-order valence-corrected chi connectivity index (χ4v) is 1.20. The summed E-state index contributed by atoms with van der Waals surface area (Å²) >= 11 is 0. The van der Waals surface area contributed by atoms with Crippen molar-refractivity contribution in [3.05, 3.63) is 29.6 Å². The molecule has 0 fully saturated rings. The zero-order valence-electron chi connectivity index (χ0n) is 8.24. The Morgan fingerprint density at radius 3 is 2.50 bits per heavy atom. The summed E-state index contributed by atoms with van der Waals surface area (Å²) in [6.45, 7) is -0.402. The highest BCUT2D eigenvalue weighted by molar-refractivity contribution is 5.48. The maximum absolute atomic E-state index is 13.4. The Morgan fingerprint density at radius 1 is 1.43 bits per heavy atom. The molecule has 0 aromatic heterocycles. The number of aliphatic hydroxyl groups is 2. The Labute approximate surface area is 82.4 Å². The zero-order chi connectivity index (χ0) is 10.7. The molecule has 2 N–H and O–H groups in total. The molecule has 4 heteroatoms. The van der Waals surface area contributed by atoms with E-state index in [1.807, 2.05) is 0 Å². The molecule has 0 saturated heterocycles. The summed E-state index contributed by atoms with van der Waals surface area (Å²) in [5.41, 5.74) is 0.842. The molecule has 0 heterocycles. The highest BCUT2D eigenvalue weighted by Gasteiger charge is 2.10. The Kier molecular flexibility index (Phi) is 3.43. The number of rotatable bonds is 3. The lowest BCUT2D eigenvalue weighted by atomic mass is 10.1. The van der Waals surface area contributed by atoms with Crippen LogP contribution in [0.5, 0.6) is 0 Å². The summed E-state index contributed by atoms with van der Waals surface area (Å²) < 4.78 is 13.4. The predicted octanol–water partition coefficient (Wildman–Crippen LogP) is 0.917. The van der Waals surface area contributed by atoms with Crippen molar-refractivity contribution in [2.24, 2.45) is 0 Å². The second-order valence-corrected chi connectivity index (χ2v) is 3.30. The third-order valence-electron chi connectivity index (χ3n) is 2.01. The smallest absolute Gasteiger partial charge is 0.146 e. The summed E-state index contributed by atoms with van der Waals surface area (Å²) in [6.07, 6.45) is -1.01. The minimum absolute atomic E-state index is 0.385.